The molecule has 5 nitrogen and oxygen atoms in total. The Bertz CT molecular complexity index is 384. The van der Waals surface area contributed by atoms with Gasteiger partial charge in [-0.3, -0.25) is 0 Å². The van der Waals surface area contributed by atoms with Crippen LogP contribution in [0.25, 0.3) is 0 Å². The molecule has 1 N–H and O–H groups in total. The van der Waals surface area contributed by atoms with E-state index in [1.807, 2.05) is 0 Å². The Kier molecular flexibility index (Phi) is 3.50. The molecule has 0 aromatic carbocycles. The summed E-state index contributed by atoms with van der Waals surface area (Å²) in [4.78, 5) is 6.89. The van der Waals surface area contributed by atoms with Gasteiger partial charge in [-0.1, -0.05) is 19.8 Å². The van der Waals surface area contributed by atoms with Crippen LogP contribution in [0.15, 0.2) is 4.52 Å². The summed E-state index contributed by atoms with van der Waals surface area (Å²) in [6.45, 7) is 6.38. The van der Waals surface area contributed by atoms with E-state index < -0.39 is 0 Å². The second-order valence-electron chi connectivity index (χ2n) is 5.58. The third kappa shape index (κ3) is 2.36. The number of nitrogens with one attached hydrogen (secondary N) is 1. The Morgan fingerprint density at radius 2 is 1.94 bits per heavy atom. The van der Waals surface area contributed by atoms with Crippen molar-refractivity contribution in [2.45, 2.75) is 38.5 Å². The molecule has 0 amide bonds. The summed E-state index contributed by atoms with van der Waals surface area (Å²) >= 11 is 0. The summed E-state index contributed by atoms with van der Waals surface area (Å²) in [7, 11) is 0. The van der Waals surface area contributed by atoms with Crippen LogP contribution in [0.1, 0.15) is 44.4 Å². The zero-order valence-electron chi connectivity index (χ0n) is 11.1. The topological polar surface area (TPSA) is 54.2 Å². The first kappa shape index (κ1) is 12.0. The second kappa shape index (κ2) is 5.26. The fourth-order valence-electron chi connectivity index (χ4n) is 2.92. The molecule has 2 unspecified atom stereocenters. The summed E-state index contributed by atoms with van der Waals surface area (Å²) in [5, 5.41) is 7.55. The van der Waals surface area contributed by atoms with E-state index in [2.05, 4.69) is 27.3 Å². The number of hydrogen-bond acceptors (Lipinski definition) is 5. The van der Waals surface area contributed by atoms with Crippen molar-refractivity contribution in [1.29, 1.82) is 0 Å². The zero-order valence-corrected chi connectivity index (χ0v) is 11.1. The van der Waals surface area contributed by atoms with E-state index >= 15 is 0 Å². The molecule has 5 heteroatoms. The van der Waals surface area contributed by atoms with E-state index in [-0.39, 0.29) is 0 Å². The van der Waals surface area contributed by atoms with Crippen LogP contribution < -0.4 is 10.2 Å². The van der Waals surface area contributed by atoms with Gasteiger partial charge in [0, 0.05) is 19.6 Å². The van der Waals surface area contributed by atoms with Crippen molar-refractivity contribution in [3.8, 4) is 0 Å². The first-order chi connectivity index (χ1) is 8.84. The first-order valence-electron chi connectivity index (χ1n) is 7.14. The van der Waals surface area contributed by atoms with Gasteiger partial charge in [-0.25, -0.2) is 0 Å². The average Bonchev–Trinajstić information content (AvgIpc) is 2.91. The third-order valence-electron chi connectivity index (χ3n) is 4.15. The van der Waals surface area contributed by atoms with E-state index in [0.717, 1.165) is 38.0 Å². The summed E-state index contributed by atoms with van der Waals surface area (Å²) in [6.07, 6.45) is 5.13. The fourth-order valence-corrected chi connectivity index (χ4v) is 2.92. The van der Waals surface area contributed by atoms with Gasteiger partial charge in [-0.2, -0.15) is 4.98 Å². The highest BCUT2D eigenvalue weighted by Gasteiger charge is 2.30. The highest BCUT2D eigenvalue weighted by Crippen LogP contribution is 2.28. The molecule has 0 spiro atoms. The number of anilines is 1. The zero-order chi connectivity index (χ0) is 12.4. The Morgan fingerprint density at radius 3 is 2.61 bits per heavy atom. The second-order valence-corrected chi connectivity index (χ2v) is 5.58. The molecule has 0 saturated carbocycles. The van der Waals surface area contributed by atoms with Crippen molar-refractivity contribution >= 4 is 5.95 Å². The van der Waals surface area contributed by atoms with E-state index in [9.17, 15) is 0 Å². The lowest BCUT2D eigenvalue weighted by Gasteiger charge is -2.16. The normalized spacial score (nSPS) is 29.5. The Balaban J connectivity index is 1.72. The minimum atomic E-state index is 0.387. The molecule has 2 aliphatic heterocycles. The van der Waals surface area contributed by atoms with Crippen LogP contribution in [0.4, 0.5) is 5.95 Å². The number of nitrogens with zero attached hydrogens (tertiary/aromatic N) is 3. The number of rotatable bonds is 2. The maximum absolute atomic E-state index is 5.47. The van der Waals surface area contributed by atoms with Crippen LogP contribution in [0.3, 0.4) is 0 Å². The predicted molar refractivity (Wildman–Crippen MR) is 69.8 cm³/mol. The molecule has 0 aliphatic carbocycles. The summed E-state index contributed by atoms with van der Waals surface area (Å²) in [5.74, 6) is 2.58. The lowest BCUT2D eigenvalue weighted by atomic mass is 9.98. The van der Waals surface area contributed by atoms with Crippen LogP contribution >= 0.6 is 0 Å². The standard InChI is InChI=1S/C13H22N4O/c1-10-8-14-9-11(10)12-15-13(16-18-12)17-6-4-2-3-5-7-17/h10-11,14H,2-9H2,1H3. The predicted octanol–water partition coefficient (Wildman–Crippen LogP) is 1.77. The van der Waals surface area contributed by atoms with Gasteiger partial charge in [0.05, 0.1) is 5.92 Å². The number of aromatic nitrogens is 2. The molecule has 100 valence electrons. The van der Waals surface area contributed by atoms with Crippen molar-refractivity contribution in [1.82, 2.24) is 15.5 Å². The summed E-state index contributed by atoms with van der Waals surface area (Å²) in [6, 6.07) is 0. The van der Waals surface area contributed by atoms with Crippen LogP contribution in [-0.4, -0.2) is 36.3 Å². The molecule has 2 fully saturated rings. The van der Waals surface area contributed by atoms with Gasteiger partial charge in [0.2, 0.25) is 5.89 Å². The molecule has 18 heavy (non-hydrogen) atoms. The van der Waals surface area contributed by atoms with Crippen molar-refractivity contribution in [3.63, 3.8) is 0 Å². The maximum Gasteiger partial charge on any atom is 0.266 e. The summed E-state index contributed by atoms with van der Waals surface area (Å²) < 4.78 is 5.47. The Morgan fingerprint density at radius 1 is 1.17 bits per heavy atom. The molecular weight excluding hydrogens is 228 g/mol. The van der Waals surface area contributed by atoms with Gasteiger partial charge < -0.3 is 14.7 Å². The van der Waals surface area contributed by atoms with E-state index in [1.54, 1.807) is 0 Å². The number of hydrogen-bond donors (Lipinski definition) is 1. The molecule has 1 aromatic heterocycles. The molecular formula is C13H22N4O. The molecule has 3 rings (SSSR count). The smallest absolute Gasteiger partial charge is 0.266 e. The summed E-state index contributed by atoms with van der Waals surface area (Å²) in [5.41, 5.74) is 0. The minimum Gasteiger partial charge on any atom is -0.338 e. The van der Waals surface area contributed by atoms with Crippen LogP contribution in [0, 0.1) is 5.92 Å². The molecule has 0 bridgehead atoms. The quantitative estimate of drug-likeness (QED) is 0.867. The van der Waals surface area contributed by atoms with Crippen LogP contribution in [0.2, 0.25) is 0 Å². The highest BCUT2D eigenvalue weighted by molar-refractivity contribution is 5.28. The van der Waals surface area contributed by atoms with Crippen LogP contribution in [0.5, 0.6) is 0 Å². The molecule has 0 radical (unpaired) electrons. The lowest BCUT2D eigenvalue weighted by molar-refractivity contribution is 0.339. The molecule has 1 aromatic rings. The van der Waals surface area contributed by atoms with E-state index in [0.29, 0.717) is 11.8 Å². The van der Waals surface area contributed by atoms with Gasteiger partial charge in [0.1, 0.15) is 0 Å². The maximum atomic E-state index is 5.47. The van der Waals surface area contributed by atoms with Gasteiger partial charge in [0.25, 0.3) is 5.95 Å². The fraction of sp³-hybridized carbons (Fsp3) is 0.846. The van der Waals surface area contributed by atoms with Gasteiger partial charge in [-0.05, 0) is 30.5 Å². The SMILES string of the molecule is CC1CNCC1c1nc(N2CCCCCC2)no1. The average molecular weight is 250 g/mol. The van der Waals surface area contributed by atoms with E-state index in [4.69, 9.17) is 4.52 Å². The van der Waals surface area contributed by atoms with Crippen molar-refractivity contribution in [2.24, 2.45) is 5.92 Å². The Labute approximate surface area is 108 Å². The molecule has 2 atom stereocenters. The molecule has 2 saturated heterocycles. The highest BCUT2D eigenvalue weighted by atomic mass is 16.5. The minimum absolute atomic E-state index is 0.387. The van der Waals surface area contributed by atoms with Crippen molar-refractivity contribution < 1.29 is 4.52 Å². The van der Waals surface area contributed by atoms with Crippen LogP contribution in [-0.2, 0) is 0 Å². The largest absolute Gasteiger partial charge is 0.338 e. The lowest BCUT2D eigenvalue weighted by Crippen LogP contribution is -2.25. The van der Waals surface area contributed by atoms with Crippen molar-refractivity contribution in [2.75, 3.05) is 31.1 Å². The first-order valence-corrected chi connectivity index (χ1v) is 7.14. The van der Waals surface area contributed by atoms with Gasteiger partial charge in [-0.15, -0.1) is 0 Å². The van der Waals surface area contributed by atoms with Gasteiger partial charge >= 0.3 is 0 Å². The molecule has 3 heterocycles. The third-order valence-corrected chi connectivity index (χ3v) is 4.15. The monoisotopic (exact) mass is 250 g/mol. The Hall–Kier alpha value is -1.10. The molecule has 2 aliphatic rings. The van der Waals surface area contributed by atoms with Gasteiger partial charge in [0.15, 0.2) is 0 Å². The van der Waals surface area contributed by atoms with E-state index in [1.165, 1.54) is 25.7 Å². The van der Waals surface area contributed by atoms with Crippen molar-refractivity contribution in [3.05, 3.63) is 5.89 Å².